The fourth-order valence-corrected chi connectivity index (χ4v) is 3.92. The van der Waals surface area contributed by atoms with Crippen LogP contribution in [0.2, 0.25) is 0 Å². The third-order valence-corrected chi connectivity index (χ3v) is 5.96. The summed E-state index contributed by atoms with van der Waals surface area (Å²) in [6.07, 6.45) is 3.36. The molecule has 8 heteroatoms. The van der Waals surface area contributed by atoms with Crippen molar-refractivity contribution in [2.45, 2.75) is 13.8 Å². The molecule has 3 rings (SSSR count). The Kier molecular flexibility index (Phi) is 6.05. The second-order valence-electron chi connectivity index (χ2n) is 6.80. The van der Waals surface area contributed by atoms with Crippen molar-refractivity contribution in [3.63, 3.8) is 0 Å². The molecule has 1 aromatic carbocycles. The molecule has 5 N–H and O–H groups in total. The minimum absolute atomic E-state index is 0.196. The van der Waals surface area contributed by atoms with E-state index in [4.69, 9.17) is 16.9 Å². The summed E-state index contributed by atoms with van der Waals surface area (Å²) < 4.78 is 0. The zero-order chi connectivity index (χ0) is 21.1. The Labute approximate surface area is 173 Å². The number of nitrogens with zero attached hydrogens (tertiary/aromatic N) is 3. The first-order valence-electron chi connectivity index (χ1n) is 9.16. The lowest BCUT2D eigenvalue weighted by Gasteiger charge is -2.15. The van der Waals surface area contributed by atoms with Gasteiger partial charge in [-0.3, -0.25) is 15.2 Å². The van der Waals surface area contributed by atoms with Gasteiger partial charge in [0.2, 0.25) is 0 Å². The molecule has 2 heterocycles. The Morgan fingerprint density at radius 1 is 1.28 bits per heavy atom. The van der Waals surface area contributed by atoms with Crippen molar-refractivity contribution >= 4 is 28.6 Å². The third-order valence-electron chi connectivity index (χ3n) is 4.83. The molecule has 1 amide bonds. The standard InChI is InChI=1S/C21H24N6OS/c1-12-6-7-15(16(23)13(12)2)17(24)20-26-18(21(28)27(3)10-8-22)19(29-20)14-5-4-9-25-11-14/h4-7,9,11,24H,8,10,22-23H2,1-3H3. The van der Waals surface area contributed by atoms with Crippen LogP contribution in [0.4, 0.5) is 5.69 Å². The summed E-state index contributed by atoms with van der Waals surface area (Å²) in [5.74, 6) is -0.238. The van der Waals surface area contributed by atoms with E-state index >= 15 is 0 Å². The number of nitrogens with two attached hydrogens (primary N) is 2. The number of nitrogen functional groups attached to an aromatic ring is 1. The van der Waals surface area contributed by atoms with Gasteiger partial charge in [0.25, 0.3) is 5.91 Å². The summed E-state index contributed by atoms with van der Waals surface area (Å²) in [5.41, 5.74) is 16.3. The topological polar surface area (TPSA) is 122 Å². The monoisotopic (exact) mass is 408 g/mol. The van der Waals surface area contributed by atoms with Crippen LogP contribution in [0.25, 0.3) is 10.4 Å². The maximum absolute atomic E-state index is 13.0. The average Bonchev–Trinajstić information content (AvgIpc) is 3.17. The number of benzene rings is 1. The van der Waals surface area contributed by atoms with Crippen LogP contribution in [-0.4, -0.2) is 46.6 Å². The van der Waals surface area contributed by atoms with E-state index < -0.39 is 0 Å². The van der Waals surface area contributed by atoms with Crippen LogP contribution >= 0.6 is 11.3 Å². The first-order valence-corrected chi connectivity index (χ1v) is 9.98. The van der Waals surface area contributed by atoms with Gasteiger partial charge in [0.15, 0.2) is 0 Å². The molecular weight excluding hydrogens is 384 g/mol. The number of nitrogens with one attached hydrogen (secondary N) is 1. The number of aryl methyl sites for hydroxylation is 1. The maximum Gasteiger partial charge on any atom is 0.273 e. The number of anilines is 1. The van der Waals surface area contributed by atoms with Crippen molar-refractivity contribution in [1.29, 1.82) is 5.41 Å². The molecule has 7 nitrogen and oxygen atoms in total. The summed E-state index contributed by atoms with van der Waals surface area (Å²) in [6.45, 7) is 4.68. The van der Waals surface area contributed by atoms with E-state index in [0.29, 0.717) is 39.9 Å². The van der Waals surface area contributed by atoms with E-state index in [0.717, 1.165) is 16.7 Å². The van der Waals surface area contributed by atoms with E-state index in [1.807, 2.05) is 32.0 Å². The lowest BCUT2D eigenvalue weighted by molar-refractivity contribution is 0.0795. The van der Waals surface area contributed by atoms with Crippen LogP contribution in [0.3, 0.4) is 0 Å². The number of rotatable bonds is 6. The molecule has 0 unspecified atom stereocenters. The van der Waals surface area contributed by atoms with Crippen LogP contribution in [0.5, 0.6) is 0 Å². The lowest BCUT2D eigenvalue weighted by atomic mass is 10.0. The van der Waals surface area contributed by atoms with Crippen molar-refractivity contribution in [2.75, 3.05) is 25.9 Å². The number of hydrogen-bond donors (Lipinski definition) is 3. The zero-order valence-corrected chi connectivity index (χ0v) is 17.5. The molecule has 0 aliphatic rings. The Morgan fingerprint density at radius 2 is 2.03 bits per heavy atom. The summed E-state index contributed by atoms with van der Waals surface area (Å²) >= 11 is 1.29. The number of carbonyl (C=O) groups is 1. The van der Waals surface area contributed by atoms with E-state index in [-0.39, 0.29) is 11.6 Å². The highest BCUT2D eigenvalue weighted by Crippen LogP contribution is 2.33. The second-order valence-corrected chi connectivity index (χ2v) is 7.80. The quantitative estimate of drug-likeness (QED) is 0.428. The van der Waals surface area contributed by atoms with Crippen molar-refractivity contribution in [1.82, 2.24) is 14.9 Å². The van der Waals surface area contributed by atoms with Gasteiger partial charge >= 0.3 is 0 Å². The smallest absolute Gasteiger partial charge is 0.273 e. The van der Waals surface area contributed by atoms with Gasteiger partial charge in [-0.25, -0.2) is 4.98 Å². The number of aromatic nitrogens is 2. The van der Waals surface area contributed by atoms with Gasteiger partial charge in [-0.1, -0.05) is 18.2 Å². The van der Waals surface area contributed by atoms with Gasteiger partial charge in [-0.2, -0.15) is 0 Å². The number of thiazole rings is 1. The van der Waals surface area contributed by atoms with Crippen molar-refractivity contribution in [2.24, 2.45) is 5.73 Å². The van der Waals surface area contributed by atoms with Gasteiger partial charge in [0.1, 0.15) is 10.7 Å². The summed E-state index contributed by atoms with van der Waals surface area (Å²) in [6, 6.07) is 7.44. The number of hydrogen-bond acceptors (Lipinski definition) is 7. The van der Waals surface area contributed by atoms with Crippen LogP contribution in [0.1, 0.15) is 32.2 Å². The third kappa shape index (κ3) is 4.03. The first kappa shape index (κ1) is 20.6. The van der Waals surface area contributed by atoms with Crippen LogP contribution < -0.4 is 11.5 Å². The molecule has 0 atom stereocenters. The number of carbonyl (C=O) groups excluding carboxylic acids is 1. The Balaban J connectivity index is 2.10. The number of amides is 1. The molecule has 0 saturated carbocycles. The fourth-order valence-electron chi connectivity index (χ4n) is 2.91. The normalized spacial score (nSPS) is 10.8. The predicted molar refractivity (Wildman–Crippen MR) is 118 cm³/mol. The first-order chi connectivity index (χ1) is 13.8. The van der Waals surface area contributed by atoms with Crippen LogP contribution in [-0.2, 0) is 0 Å². The Morgan fingerprint density at radius 3 is 2.69 bits per heavy atom. The summed E-state index contributed by atoms with van der Waals surface area (Å²) in [7, 11) is 1.69. The zero-order valence-electron chi connectivity index (χ0n) is 16.7. The minimum atomic E-state index is -0.238. The summed E-state index contributed by atoms with van der Waals surface area (Å²) in [5, 5.41) is 9.12. The van der Waals surface area contributed by atoms with Crippen molar-refractivity contribution < 1.29 is 4.79 Å². The molecule has 0 fully saturated rings. The number of likely N-dealkylation sites (N-methyl/N-ethyl adjacent to an activating group) is 1. The maximum atomic E-state index is 13.0. The van der Waals surface area contributed by atoms with Crippen LogP contribution in [0.15, 0.2) is 36.7 Å². The Bertz CT molecular complexity index is 1060. The van der Waals surface area contributed by atoms with Gasteiger partial charge in [-0.15, -0.1) is 11.3 Å². The molecular formula is C21H24N6OS. The molecule has 2 aromatic heterocycles. The number of pyridine rings is 1. The average molecular weight is 409 g/mol. The van der Waals surface area contributed by atoms with E-state index in [9.17, 15) is 4.79 Å². The van der Waals surface area contributed by atoms with E-state index in [2.05, 4.69) is 9.97 Å². The molecule has 150 valence electrons. The molecule has 0 saturated heterocycles. The van der Waals surface area contributed by atoms with Gasteiger partial charge in [0.05, 0.1) is 10.6 Å². The Hall–Kier alpha value is -3.10. The van der Waals surface area contributed by atoms with E-state index in [1.54, 1.807) is 25.5 Å². The molecule has 0 aliphatic carbocycles. The van der Waals surface area contributed by atoms with Gasteiger partial charge in [-0.05, 0) is 31.0 Å². The van der Waals surface area contributed by atoms with Crippen molar-refractivity contribution in [3.05, 3.63) is 64.1 Å². The summed E-state index contributed by atoms with van der Waals surface area (Å²) in [4.78, 5) is 23.9. The lowest BCUT2D eigenvalue weighted by Crippen LogP contribution is -2.32. The molecule has 3 aromatic rings. The highest BCUT2D eigenvalue weighted by Gasteiger charge is 2.25. The van der Waals surface area contributed by atoms with E-state index in [1.165, 1.54) is 16.2 Å². The van der Waals surface area contributed by atoms with Gasteiger partial charge in [0, 0.05) is 49.3 Å². The fraction of sp³-hybridized carbons (Fsp3) is 0.238. The highest BCUT2D eigenvalue weighted by atomic mass is 32.1. The van der Waals surface area contributed by atoms with Crippen molar-refractivity contribution in [3.8, 4) is 10.4 Å². The largest absolute Gasteiger partial charge is 0.398 e. The van der Waals surface area contributed by atoms with Gasteiger partial charge < -0.3 is 16.4 Å². The molecule has 0 aliphatic heterocycles. The SMILES string of the molecule is Cc1ccc(C(=N)c2nc(C(=O)N(C)CCN)c(-c3cccnc3)s2)c(N)c1C. The van der Waals surface area contributed by atoms with Crippen LogP contribution in [0, 0.1) is 19.3 Å². The predicted octanol–water partition coefficient (Wildman–Crippen LogP) is 2.85. The molecule has 0 bridgehead atoms. The molecule has 0 spiro atoms. The second kappa shape index (κ2) is 8.50. The molecule has 29 heavy (non-hydrogen) atoms. The highest BCUT2D eigenvalue weighted by molar-refractivity contribution is 7.17. The minimum Gasteiger partial charge on any atom is -0.398 e. The molecule has 0 radical (unpaired) electrons.